The van der Waals surface area contributed by atoms with E-state index < -0.39 is 0 Å². The molecule has 1 amide bonds. The number of hydrogen-bond acceptors (Lipinski definition) is 2. The Morgan fingerprint density at radius 2 is 2.00 bits per heavy atom. The van der Waals surface area contributed by atoms with Crippen molar-refractivity contribution in [3.63, 3.8) is 0 Å². The molecule has 0 aliphatic heterocycles. The van der Waals surface area contributed by atoms with Crippen LogP contribution in [0.3, 0.4) is 0 Å². The largest absolute Gasteiger partial charge is 0.354 e. The number of amides is 1. The molecule has 0 aromatic heterocycles. The van der Waals surface area contributed by atoms with E-state index in [4.69, 9.17) is 5.73 Å². The van der Waals surface area contributed by atoms with Crippen molar-refractivity contribution >= 4 is 5.91 Å². The molecule has 0 radical (unpaired) electrons. The zero-order valence-corrected chi connectivity index (χ0v) is 12.6. The van der Waals surface area contributed by atoms with Gasteiger partial charge in [-0.05, 0) is 36.2 Å². The van der Waals surface area contributed by atoms with E-state index in [1.54, 1.807) is 0 Å². The highest BCUT2D eigenvalue weighted by Gasteiger charge is 2.42. The first-order valence-electron chi connectivity index (χ1n) is 7.63. The standard InChI is InChI=1S/C17H26N2O/c1-3-13(2)15(18)16(20)19-12-17(9-10-17)11-14-7-5-4-6-8-14/h4-8,13,15H,3,9-12,18H2,1-2H3,(H,19,20). The average molecular weight is 274 g/mol. The highest BCUT2D eigenvalue weighted by Crippen LogP contribution is 2.47. The molecular weight excluding hydrogens is 248 g/mol. The van der Waals surface area contributed by atoms with Crippen molar-refractivity contribution in [1.29, 1.82) is 0 Å². The van der Waals surface area contributed by atoms with Crippen LogP contribution in [0.2, 0.25) is 0 Å². The molecule has 2 rings (SSSR count). The van der Waals surface area contributed by atoms with Crippen molar-refractivity contribution in [2.45, 2.75) is 45.6 Å². The Balaban J connectivity index is 1.83. The summed E-state index contributed by atoms with van der Waals surface area (Å²) in [5.74, 6) is 0.234. The lowest BCUT2D eigenvalue weighted by molar-refractivity contribution is -0.123. The quantitative estimate of drug-likeness (QED) is 0.802. The molecule has 1 aromatic carbocycles. The predicted molar refractivity (Wildman–Crippen MR) is 82.3 cm³/mol. The summed E-state index contributed by atoms with van der Waals surface area (Å²) in [5.41, 5.74) is 7.58. The van der Waals surface area contributed by atoms with Gasteiger partial charge in [-0.1, -0.05) is 50.6 Å². The lowest BCUT2D eigenvalue weighted by Crippen LogP contribution is -2.46. The minimum absolute atomic E-state index is 0.00122. The molecule has 0 saturated heterocycles. The second kappa shape index (κ2) is 6.40. The normalized spacial score (nSPS) is 19.1. The van der Waals surface area contributed by atoms with E-state index in [9.17, 15) is 4.79 Å². The number of carbonyl (C=O) groups is 1. The molecule has 20 heavy (non-hydrogen) atoms. The third kappa shape index (κ3) is 3.83. The van der Waals surface area contributed by atoms with Gasteiger partial charge in [0.15, 0.2) is 0 Å². The molecule has 0 heterocycles. The first kappa shape index (κ1) is 15.0. The van der Waals surface area contributed by atoms with E-state index in [1.165, 1.54) is 18.4 Å². The summed E-state index contributed by atoms with van der Waals surface area (Å²) in [6.45, 7) is 4.85. The Bertz CT molecular complexity index is 440. The minimum atomic E-state index is -0.382. The molecule has 1 aromatic rings. The van der Waals surface area contributed by atoms with Crippen molar-refractivity contribution in [2.24, 2.45) is 17.1 Å². The van der Waals surface area contributed by atoms with Crippen molar-refractivity contribution in [3.8, 4) is 0 Å². The van der Waals surface area contributed by atoms with Crippen molar-refractivity contribution in [3.05, 3.63) is 35.9 Å². The van der Waals surface area contributed by atoms with E-state index in [0.717, 1.165) is 19.4 Å². The fourth-order valence-electron chi connectivity index (χ4n) is 2.53. The summed E-state index contributed by atoms with van der Waals surface area (Å²) >= 11 is 0. The molecule has 1 aliphatic rings. The van der Waals surface area contributed by atoms with Gasteiger partial charge < -0.3 is 11.1 Å². The number of nitrogens with two attached hydrogens (primary N) is 1. The molecule has 2 unspecified atom stereocenters. The Morgan fingerprint density at radius 1 is 1.35 bits per heavy atom. The van der Waals surface area contributed by atoms with E-state index in [2.05, 4.69) is 36.5 Å². The van der Waals surface area contributed by atoms with Crippen molar-refractivity contribution in [2.75, 3.05) is 6.54 Å². The van der Waals surface area contributed by atoms with Gasteiger partial charge in [0.1, 0.15) is 0 Å². The molecule has 0 bridgehead atoms. The number of rotatable bonds is 7. The zero-order chi connectivity index (χ0) is 14.6. The van der Waals surface area contributed by atoms with Crippen LogP contribution >= 0.6 is 0 Å². The van der Waals surface area contributed by atoms with Gasteiger partial charge in [-0.25, -0.2) is 0 Å². The molecule has 1 saturated carbocycles. The predicted octanol–water partition coefficient (Wildman–Crippen LogP) is 2.50. The second-order valence-electron chi connectivity index (χ2n) is 6.29. The van der Waals surface area contributed by atoms with E-state index in [1.807, 2.05) is 13.0 Å². The zero-order valence-electron chi connectivity index (χ0n) is 12.6. The van der Waals surface area contributed by atoms with Crippen LogP contribution in [0.25, 0.3) is 0 Å². The molecule has 2 atom stereocenters. The minimum Gasteiger partial charge on any atom is -0.354 e. The second-order valence-corrected chi connectivity index (χ2v) is 6.29. The van der Waals surface area contributed by atoms with E-state index in [0.29, 0.717) is 0 Å². The molecule has 3 heteroatoms. The maximum Gasteiger partial charge on any atom is 0.237 e. The molecule has 110 valence electrons. The molecule has 3 nitrogen and oxygen atoms in total. The third-order valence-corrected chi connectivity index (χ3v) is 4.58. The topological polar surface area (TPSA) is 55.1 Å². The fraction of sp³-hybridized carbons (Fsp3) is 0.588. The SMILES string of the molecule is CCC(C)C(N)C(=O)NCC1(Cc2ccccc2)CC1. The van der Waals surface area contributed by atoms with Crippen molar-refractivity contribution in [1.82, 2.24) is 5.32 Å². The maximum atomic E-state index is 12.0. The van der Waals surface area contributed by atoms with Crippen molar-refractivity contribution < 1.29 is 4.79 Å². The Kier molecular flexibility index (Phi) is 4.81. The molecule has 0 spiro atoms. The molecular formula is C17H26N2O. The van der Waals surface area contributed by atoms with Crippen LogP contribution < -0.4 is 11.1 Å². The number of carbonyl (C=O) groups excluding carboxylic acids is 1. The van der Waals surface area contributed by atoms with E-state index in [-0.39, 0.29) is 23.3 Å². The van der Waals surface area contributed by atoms with Crippen LogP contribution in [0.4, 0.5) is 0 Å². The summed E-state index contributed by atoms with van der Waals surface area (Å²) in [6, 6.07) is 10.1. The maximum absolute atomic E-state index is 12.0. The fourth-order valence-corrected chi connectivity index (χ4v) is 2.53. The summed E-state index contributed by atoms with van der Waals surface area (Å²) in [4.78, 5) is 12.0. The van der Waals surface area contributed by atoms with Gasteiger partial charge >= 0.3 is 0 Å². The Labute approximate surface area is 121 Å². The van der Waals surface area contributed by atoms with Gasteiger partial charge in [-0.3, -0.25) is 4.79 Å². The highest BCUT2D eigenvalue weighted by atomic mass is 16.2. The van der Waals surface area contributed by atoms with Crippen LogP contribution in [0.5, 0.6) is 0 Å². The van der Waals surface area contributed by atoms with Crippen LogP contribution in [0, 0.1) is 11.3 Å². The molecule has 3 N–H and O–H groups in total. The Morgan fingerprint density at radius 3 is 2.55 bits per heavy atom. The van der Waals surface area contributed by atoms with Crippen LogP contribution in [-0.2, 0) is 11.2 Å². The smallest absolute Gasteiger partial charge is 0.237 e. The lowest BCUT2D eigenvalue weighted by Gasteiger charge is -2.21. The van der Waals surface area contributed by atoms with Gasteiger partial charge in [0.05, 0.1) is 6.04 Å². The average Bonchev–Trinajstić information content (AvgIpc) is 3.24. The number of nitrogens with one attached hydrogen (secondary N) is 1. The summed E-state index contributed by atoms with van der Waals surface area (Å²) in [7, 11) is 0. The lowest BCUT2D eigenvalue weighted by atomic mass is 9.95. The third-order valence-electron chi connectivity index (χ3n) is 4.58. The molecule has 1 fully saturated rings. The summed E-state index contributed by atoms with van der Waals surface area (Å²) < 4.78 is 0. The number of benzene rings is 1. The van der Waals surface area contributed by atoms with Gasteiger partial charge in [0.2, 0.25) is 5.91 Å². The van der Waals surface area contributed by atoms with Crippen LogP contribution in [0.1, 0.15) is 38.7 Å². The molecule has 1 aliphatic carbocycles. The van der Waals surface area contributed by atoms with Gasteiger partial charge in [-0.2, -0.15) is 0 Å². The summed E-state index contributed by atoms with van der Waals surface area (Å²) in [6.07, 6.45) is 4.37. The monoisotopic (exact) mass is 274 g/mol. The number of hydrogen-bond donors (Lipinski definition) is 2. The Hall–Kier alpha value is -1.35. The first-order valence-corrected chi connectivity index (χ1v) is 7.63. The van der Waals surface area contributed by atoms with Crippen LogP contribution in [0.15, 0.2) is 30.3 Å². The van der Waals surface area contributed by atoms with Gasteiger partial charge in [0.25, 0.3) is 0 Å². The van der Waals surface area contributed by atoms with Gasteiger partial charge in [-0.15, -0.1) is 0 Å². The highest BCUT2D eigenvalue weighted by molar-refractivity contribution is 5.81. The van der Waals surface area contributed by atoms with E-state index >= 15 is 0 Å². The first-order chi connectivity index (χ1) is 9.56. The van der Waals surface area contributed by atoms with Gasteiger partial charge in [0, 0.05) is 6.54 Å². The van der Waals surface area contributed by atoms with Crippen LogP contribution in [-0.4, -0.2) is 18.5 Å². The summed E-state index contributed by atoms with van der Waals surface area (Å²) in [5, 5.41) is 3.06.